The smallest absolute Gasteiger partial charge is 0.143 e. The van der Waals surface area contributed by atoms with Gasteiger partial charge in [0, 0.05) is 0 Å². The van der Waals surface area contributed by atoms with Crippen LogP contribution in [0.5, 0.6) is 5.75 Å². The number of benzene rings is 1. The van der Waals surface area contributed by atoms with E-state index in [1.165, 1.54) is 5.56 Å². The molecule has 1 heterocycles. The van der Waals surface area contributed by atoms with Gasteiger partial charge >= 0.3 is 0 Å². The molecular weight excluding hydrogens is 162 g/mol. The lowest BCUT2D eigenvalue weighted by molar-refractivity contribution is 0.253. The maximum atomic E-state index is 5.68. The van der Waals surface area contributed by atoms with Gasteiger partial charge in [-0.05, 0) is 30.7 Å². The predicted molar refractivity (Wildman–Crippen MR) is 54.3 cm³/mol. The van der Waals surface area contributed by atoms with Crippen LogP contribution in [0.25, 0.3) is 0 Å². The average Bonchev–Trinajstić information content (AvgIpc) is 2.16. The van der Waals surface area contributed by atoms with Crippen LogP contribution in [-0.4, -0.2) is 12.6 Å². The molecule has 68 valence electrons. The molecule has 0 spiro atoms. The molecule has 0 fully saturated rings. The number of anilines is 1. The van der Waals surface area contributed by atoms with E-state index in [0.29, 0.717) is 0 Å². The Morgan fingerprint density at radius 2 is 2.46 bits per heavy atom. The molecule has 0 saturated heterocycles. The van der Waals surface area contributed by atoms with E-state index in [0.717, 1.165) is 18.0 Å². The highest BCUT2D eigenvalue weighted by molar-refractivity contribution is 5.59. The summed E-state index contributed by atoms with van der Waals surface area (Å²) in [5.41, 5.74) is 2.29. The Labute approximate surface area is 78.2 Å². The minimum Gasteiger partial charge on any atom is -0.482 e. The SMILES string of the molecule is C=CC1CNc2ccc(C)cc2O1. The second-order valence-corrected chi connectivity index (χ2v) is 3.27. The summed E-state index contributed by atoms with van der Waals surface area (Å²) in [5.74, 6) is 0.927. The zero-order valence-electron chi connectivity index (χ0n) is 7.71. The van der Waals surface area contributed by atoms with Crippen molar-refractivity contribution in [3.63, 3.8) is 0 Å². The average molecular weight is 175 g/mol. The van der Waals surface area contributed by atoms with Gasteiger partial charge in [-0.15, -0.1) is 0 Å². The minimum atomic E-state index is 0.0919. The Bertz CT molecular complexity index is 333. The van der Waals surface area contributed by atoms with Crippen molar-refractivity contribution >= 4 is 5.69 Å². The molecule has 0 aliphatic carbocycles. The summed E-state index contributed by atoms with van der Waals surface area (Å²) in [7, 11) is 0. The van der Waals surface area contributed by atoms with Crippen LogP contribution in [0, 0.1) is 6.92 Å². The molecule has 2 heteroatoms. The molecule has 13 heavy (non-hydrogen) atoms. The molecule has 1 unspecified atom stereocenters. The van der Waals surface area contributed by atoms with Crippen LogP contribution in [0.2, 0.25) is 0 Å². The second kappa shape index (κ2) is 3.13. The lowest BCUT2D eigenvalue weighted by Gasteiger charge is -2.25. The van der Waals surface area contributed by atoms with Crippen molar-refractivity contribution in [1.29, 1.82) is 0 Å². The zero-order chi connectivity index (χ0) is 9.26. The first kappa shape index (κ1) is 8.17. The minimum absolute atomic E-state index is 0.0919. The third-order valence-corrected chi connectivity index (χ3v) is 2.17. The maximum absolute atomic E-state index is 5.68. The zero-order valence-corrected chi connectivity index (χ0v) is 7.71. The first-order chi connectivity index (χ1) is 6.29. The number of hydrogen-bond donors (Lipinski definition) is 1. The summed E-state index contributed by atoms with van der Waals surface area (Å²) in [6.07, 6.45) is 1.91. The van der Waals surface area contributed by atoms with E-state index in [1.54, 1.807) is 0 Å². The number of aryl methyl sites for hydroxylation is 1. The van der Waals surface area contributed by atoms with Gasteiger partial charge in [0.2, 0.25) is 0 Å². The number of fused-ring (bicyclic) bond motifs is 1. The van der Waals surface area contributed by atoms with Crippen LogP contribution < -0.4 is 10.1 Å². The van der Waals surface area contributed by atoms with Gasteiger partial charge in [0.25, 0.3) is 0 Å². The first-order valence-electron chi connectivity index (χ1n) is 4.43. The molecule has 1 aliphatic rings. The highest BCUT2D eigenvalue weighted by Crippen LogP contribution is 2.29. The highest BCUT2D eigenvalue weighted by atomic mass is 16.5. The van der Waals surface area contributed by atoms with Gasteiger partial charge < -0.3 is 10.1 Å². The van der Waals surface area contributed by atoms with Gasteiger partial charge in [-0.3, -0.25) is 0 Å². The molecular formula is C11H13NO. The molecule has 0 saturated carbocycles. The van der Waals surface area contributed by atoms with Crippen molar-refractivity contribution in [1.82, 2.24) is 0 Å². The second-order valence-electron chi connectivity index (χ2n) is 3.27. The number of ether oxygens (including phenoxy) is 1. The van der Waals surface area contributed by atoms with Crippen LogP contribution in [0.3, 0.4) is 0 Å². The standard InChI is InChI=1S/C11H13NO/c1-3-9-7-12-10-5-4-8(2)6-11(10)13-9/h3-6,9,12H,1,7H2,2H3. The third kappa shape index (κ3) is 1.52. The molecule has 1 N–H and O–H groups in total. The van der Waals surface area contributed by atoms with Crippen LogP contribution in [0.15, 0.2) is 30.9 Å². The summed E-state index contributed by atoms with van der Waals surface area (Å²) in [6, 6.07) is 6.16. The summed E-state index contributed by atoms with van der Waals surface area (Å²) < 4.78 is 5.68. The Balaban J connectivity index is 2.32. The lowest BCUT2D eigenvalue weighted by atomic mass is 10.1. The Kier molecular flexibility index (Phi) is 1.97. The molecule has 0 bridgehead atoms. The summed E-state index contributed by atoms with van der Waals surface area (Å²) >= 11 is 0. The van der Waals surface area contributed by atoms with E-state index < -0.39 is 0 Å². The topological polar surface area (TPSA) is 21.3 Å². The Morgan fingerprint density at radius 3 is 3.23 bits per heavy atom. The van der Waals surface area contributed by atoms with Gasteiger partial charge in [-0.25, -0.2) is 0 Å². The van der Waals surface area contributed by atoms with Gasteiger partial charge in [0.15, 0.2) is 0 Å². The molecule has 1 atom stereocenters. The monoisotopic (exact) mass is 175 g/mol. The van der Waals surface area contributed by atoms with Crippen molar-refractivity contribution in [3.05, 3.63) is 36.4 Å². The van der Waals surface area contributed by atoms with E-state index in [4.69, 9.17) is 4.74 Å². The fourth-order valence-electron chi connectivity index (χ4n) is 1.42. The van der Waals surface area contributed by atoms with Crippen molar-refractivity contribution in [2.75, 3.05) is 11.9 Å². The lowest BCUT2D eigenvalue weighted by Crippen LogP contribution is -2.28. The number of hydrogen-bond acceptors (Lipinski definition) is 2. The highest BCUT2D eigenvalue weighted by Gasteiger charge is 2.15. The van der Waals surface area contributed by atoms with E-state index in [2.05, 4.69) is 24.9 Å². The molecule has 0 radical (unpaired) electrons. The molecule has 1 aromatic rings. The fraction of sp³-hybridized carbons (Fsp3) is 0.273. The molecule has 2 nitrogen and oxygen atoms in total. The maximum Gasteiger partial charge on any atom is 0.143 e. The van der Waals surface area contributed by atoms with Crippen LogP contribution in [0.4, 0.5) is 5.69 Å². The van der Waals surface area contributed by atoms with E-state index >= 15 is 0 Å². The van der Waals surface area contributed by atoms with Crippen molar-refractivity contribution in [3.8, 4) is 5.75 Å². The molecule has 0 amide bonds. The van der Waals surface area contributed by atoms with E-state index in [9.17, 15) is 0 Å². The van der Waals surface area contributed by atoms with Crippen molar-refractivity contribution < 1.29 is 4.74 Å². The Morgan fingerprint density at radius 1 is 1.62 bits per heavy atom. The number of nitrogens with one attached hydrogen (secondary N) is 1. The van der Waals surface area contributed by atoms with E-state index in [-0.39, 0.29) is 6.10 Å². The first-order valence-corrected chi connectivity index (χ1v) is 4.43. The quantitative estimate of drug-likeness (QED) is 0.661. The molecule has 0 aromatic heterocycles. The van der Waals surface area contributed by atoms with Crippen molar-refractivity contribution in [2.45, 2.75) is 13.0 Å². The van der Waals surface area contributed by atoms with Gasteiger partial charge in [0.05, 0.1) is 12.2 Å². The largest absolute Gasteiger partial charge is 0.482 e. The van der Waals surface area contributed by atoms with Gasteiger partial charge in [0.1, 0.15) is 11.9 Å². The van der Waals surface area contributed by atoms with Crippen LogP contribution in [0.1, 0.15) is 5.56 Å². The van der Waals surface area contributed by atoms with Crippen molar-refractivity contribution in [2.24, 2.45) is 0 Å². The third-order valence-electron chi connectivity index (χ3n) is 2.17. The number of rotatable bonds is 1. The molecule has 1 aromatic carbocycles. The molecule has 1 aliphatic heterocycles. The van der Waals surface area contributed by atoms with Crippen LogP contribution >= 0.6 is 0 Å². The predicted octanol–water partition coefficient (Wildman–Crippen LogP) is 2.35. The van der Waals surface area contributed by atoms with E-state index in [1.807, 2.05) is 18.2 Å². The Hall–Kier alpha value is -1.44. The normalized spacial score (nSPS) is 19.6. The summed E-state index contributed by atoms with van der Waals surface area (Å²) in [5, 5.41) is 3.29. The van der Waals surface area contributed by atoms with Crippen LogP contribution in [-0.2, 0) is 0 Å². The summed E-state index contributed by atoms with van der Waals surface area (Å²) in [6.45, 7) is 6.58. The fourth-order valence-corrected chi connectivity index (χ4v) is 1.42. The van der Waals surface area contributed by atoms with Gasteiger partial charge in [-0.1, -0.05) is 12.6 Å². The summed E-state index contributed by atoms with van der Waals surface area (Å²) in [4.78, 5) is 0. The van der Waals surface area contributed by atoms with Gasteiger partial charge in [-0.2, -0.15) is 0 Å². The molecule has 2 rings (SSSR count).